The molecule has 1 unspecified atom stereocenters. The normalized spacial score (nSPS) is 12.0. The lowest BCUT2D eigenvalue weighted by molar-refractivity contribution is -0.123. The van der Waals surface area contributed by atoms with Crippen molar-refractivity contribution in [3.05, 3.63) is 64.7 Å². The third kappa shape index (κ3) is 5.25. The van der Waals surface area contributed by atoms with E-state index in [0.717, 1.165) is 11.1 Å². The summed E-state index contributed by atoms with van der Waals surface area (Å²) in [4.78, 5) is 14.1. The predicted octanol–water partition coefficient (Wildman–Crippen LogP) is 3.45. The lowest BCUT2D eigenvalue weighted by Gasteiger charge is -2.26. The topological polar surface area (TPSA) is 41.6 Å². The summed E-state index contributed by atoms with van der Waals surface area (Å²) in [6.07, 6.45) is 0. The highest BCUT2D eigenvalue weighted by Crippen LogP contribution is 2.25. The molecule has 0 saturated carbocycles. The molecule has 1 N–H and O–H groups in total. The zero-order chi connectivity index (χ0) is 17.5. The number of likely N-dealkylation sites (N-methyl/N-ethyl adjacent to an activating group) is 1. The maximum atomic E-state index is 12.1. The van der Waals surface area contributed by atoms with Gasteiger partial charge in [-0.3, -0.25) is 4.79 Å². The molecule has 24 heavy (non-hydrogen) atoms. The number of nitrogens with one attached hydrogen (secondary N) is 1. The molecule has 2 aromatic rings. The van der Waals surface area contributed by atoms with Crippen LogP contribution in [-0.4, -0.2) is 38.1 Å². The van der Waals surface area contributed by atoms with Gasteiger partial charge in [-0.05, 0) is 50.3 Å². The number of benzene rings is 2. The Morgan fingerprint density at radius 3 is 2.62 bits per heavy atom. The van der Waals surface area contributed by atoms with E-state index in [1.165, 1.54) is 0 Å². The van der Waals surface area contributed by atoms with Crippen molar-refractivity contribution in [2.45, 2.75) is 13.0 Å². The van der Waals surface area contributed by atoms with Crippen LogP contribution in [-0.2, 0) is 4.79 Å². The van der Waals surface area contributed by atoms with E-state index in [2.05, 4.69) is 5.32 Å². The van der Waals surface area contributed by atoms with Crippen molar-refractivity contribution in [1.29, 1.82) is 0 Å². The van der Waals surface area contributed by atoms with Gasteiger partial charge in [-0.2, -0.15) is 0 Å². The summed E-state index contributed by atoms with van der Waals surface area (Å²) >= 11 is 6.27. The number of hydrogen-bond donors (Lipinski definition) is 1. The first-order valence-corrected chi connectivity index (χ1v) is 8.22. The molecule has 0 aromatic heterocycles. The lowest BCUT2D eigenvalue weighted by Crippen LogP contribution is -2.37. The highest BCUT2D eigenvalue weighted by atomic mass is 35.5. The molecule has 5 heteroatoms. The number of hydrogen-bond acceptors (Lipinski definition) is 3. The van der Waals surface area contributed by atoms with E-state index in [0.29, 0.717) is 17.3 Å². The number of carbonyl (C=O) groups is 1. The molecule has 0 radical (unpaired) electrons. The Bertz CT molecular complexity index is 689. The molecule has 2 rings (SSSR count). The van der Waals surface area contributed by atoms with E-state index in [9.17, 15) is 4.79 Å². The number of rotatable bonds is 7. The van der Waals surface area contributed by atoms with E-state index in [-0.39, 0.29) is 18.6 Å². The van der Waals surface area contributed by atoms with Gasteiger partial charge in [-0.25, -0.2) is 0 Å². The van der Waals surface area contributed by atoms with Crippen LogP contribution in [0.1, 0.15) is 17.2 Å². The average molecular weight is 347 g/mol. The number of carbonyl (C=O) groups excluding carboxylic acids is 1. The number of nitrogens with zero attached hydrogens (tertiary/aromatic N) is 1. The second-order valence-electron chi connectivity index (χ2n) is 5.91. The Morgan fingerprint density at radius 1 is 1.21 bits per heavy atom. The number of amides is 1. The molecule has 1 amide bonds. The van der Waals surface area contributed by atoms with Gasteiger partial charge in [0.2, 0.25) is 0 Å². The SMILES string of the molecule is Cc1cccc(OCC(=O)NCC(c2ccccc2Cl)N(C)C)c1. The van der Waals surface area contributed by atoms with Crippen LogP contribution < -0.4 is 10.1 Å². The molecule has 0 heterocycles. The molecule has 128 valence electrons. The van der Waals surface area contributed by atoms with Crippen LogP contribution in [0.5, 0.6) is 5.75 Å². The molecule has 2 aromatic carbocycles. The van der Waals surface area contributed by atoms with E-state index in [4.69, 9.17) is 16.3 Å². The molecule has 0 aliphatic carbocycles. The van der Waals surface area contributed by atoms with Crippen LogP contribution >= 0.6 is 11.6 Å². The van der Waals surface area contributed by atoms with Gasteiger partial charge >= 0.3 is 0 Å². The summed E-state index contributed by atoms with van der Waals surface area (Å²) in [5, 5.41) is 3.61. The minimum absolute atomic E-state index is 0.00150. The van der Waals surface area contributed by atoms with Gasteiger partial charge in [-0.15, -0.1) is 0 Å². The third-order valence-corrected chi connectivity index (χ3v) is 4.08. The average Bonchev–Trinajstić information content (AvgIpc) is 2.54. The van der Waals surface area contributed by atoms with Crippen molar-refractivity contribution >= 4 is 17.5 Å². The minimum Gasteiger partial charge on any atom is -0.484 e. The summed E-state index contributed by atoms with van der Waals surface area (Å²) in [6, 6.07) is 15.3. The predicted molar refractivity (Wildman–Crippen MR) is 97.6 cm³/mol. The second kappa shape index (κ2) is 8.71. The standard InChI is InChI=1S/C19H23ClN2O2/c1-14-7-6-8-15(11-14)24-13-19(23)21-12-18(22(2)3)16-9-4-5-10-17(16)20/h4-11,18H,12-13H2,1-3H3,(H,21,23). The van der Waals surface area contributed by atoms with Crippen molar-refractivity contribution in [1.82, 2.24) is 10.2 Å². The molecule has 0 bridgehead atoms. The first-order chi connectivity index (χ1) is 11.5. The zero-order valence-electron chi connectivity index (χ0n) is 14.3. The number of halogens is 1. The smallest absolute Gasteiger partial charge is 0.258 e. The van der Waals surface area contributed by atoms with Crippen molar-refractivity contribution in [2.75, 3.05) is 27.2 Å². The van der Waals surface area contributed by atoms with Gasteiger partial charge in [0.05, 0.1) is 6.04 Å². The van der Waals surface area contributed by atoms with Crippen LogP contribution in [0.4, 0.5) is 0 Å². The maximum Gasteiger partial charge on any atom is 0.258 e. The van der Waals surface area contributed by atoms with E-state index in [1.54, 1.807) is 0 Å². The van der Waals surface area contributed by atoms with E-state index >= 15 is 0 Å². The van der Waals surface area contributed by atoms with Crippen LogP contribution in [0.2, 0.25) is 5.02 Å². The van der Waals surface area contributed by atoms with E-state index in [1.807, 2.05) is 74.4 Å². The highest BCUT2D eigenvalue weighted by molar-refractivity contribution is 6.31. The molecule has 0 aliphatic rings. The fourth-order valence-electron chi connectivity index (χ4n) is 2.43. The van der Waals surface area contributed by atoms with Crippen molar-refractivity contribution in [2.24, 2.45) is 0 Å². The van der Waals surface area contributed by atoms with Gasteiger partial charge in [0.1, 0.15) is 5.75 Å². The van der Waals surface area contributed by atoms with Crippen LogP contribution in [0, 0.1) is 6.92 Å². The molecule has 4 nitrogen and oxygen atoms in total. The molecule has 0 spiro atoms. The highest BCUT2D eigenvalue weighted by Gasteiger charge is 2.17. The molecule has 0 saturated heterocycles. The summed E-state index contributed by atoms with van der Waals surface area (Å²) < 4.78 is 5.52. The van der Waals surface area contributed by atoms with Crippen LogP contribution in [0.15, 0.2) is 48.5 Å². The summed E-state index contributed by atoms with van der Waals surface area (Å²) in [7, 11) is 3.92. The lowest BCUT2D eigenvalue weighted by atomic mass is 10.1. The second-order valence-corrected chi connectivity index (χ2v) is 6.32. The van der Waals surface area contributed by atoms with Crippen LogP contribution in [0.3, 0.4) is 0 Å². The molecule has 0 fully saturated rings. The van der Waals surface area contributed by atoms with E-state index < -0.39 is 0 Å². The van der Waals surface area contributed by atoms with Gasteiger partial charge in [-0.1, -0.05) is 41.9 Å². The van der Waals surface area contributed by atoms with Gasteiger partial charge < -0.3 is 15.0 Å². The Labute approximate surface area is 148 Å². The van der Waals surface area contributed by atoms with Gasteiger partial charge in [0.25, 0.3) is 5.91 Å². The largest absolute Gasteiger partial charge is 0.484 e. The molecule has 1 atom stereocenters. The van der Waals surface area contributed by atoms with Gasteiger partial charge in [0.15, 0.2) is 6.61 Å². The minimum atomic E-state index is -0.157. The summed E-state index contributed by atoms with van der Waals surface area (Å²) in [6.45, 7) is 2.44. The first-order valence-electron chi connectivity index (χ1n) is 7.84. The van der Waals surface area contributed by atoms with Crippen LogP contribution in [0.25, 0.3) is 0 Å². The molecular formula is C19H23ClN2O2. The quantitative estimate of drug-likeness (QED) is 0.835. The monoisotopic (exact) mass is 346 g/mol. The van der Waals surface area contributed by atoms with Crippen molar-refractivity contribution in [3.63, 3.8) is 0 Å². The summed E-state index contributed by atoms with van der Waals surface area (Å²) in [5.74, 6) is 0.538. The molecule has 0 aliphatic heterocycles. The number of ether oxygens (including phenoxy) is 1. The summed E-state index contributed by atoms with van der Waals surface area (Å²) in [5.41, 5.74) is 2.09. The Morgan fingerprint density at radius 2 is 1.96 bits per heavy atom. The zero-order valence-corrected chi connectivity index (χ0v) is 15.0. The van der Waals surface area contributed by atoms with Crippen molar-refractivity contribution < 1.29 is 9.53 Å². The Hall–Kier alpha value is -2.04. The van der Waals surface area contributed by atoms with Crippen molar-refractivity contribution in [3.8, 4) is 5.75 Å². The third-order valence-electron chi connectivity index (χ3n) is 3.74. The maximum absolute atomic E-state index is 12.1. The Balaban J connectivity index is 1.90. The fourth-order valence-corrected chi connectivity index (χ4v) is 2.69. The first kappa shape index (κ1) is 18.3. The van der Waals surface area contributed by atoms with Gasteiger partial charge in [0, 0.05) is 11.6 Å². The Kier molecular flexibility index (Phi) is 6.64. The fraction of sp³-hybridized carbons (Fsp3) is 0.316. The molecular weight excluding hydrogens is 324 g/mol. The number of aryl methyl sites for hydroxylation is 1.